The van der Waals surface area contributed by atoms with Crippen molar-refractivity contribution in [1.82, 2.24) is 15.2 Å². The minimum absolute atomic E-state index is 0.0104. The Morgan fingerprint density at radius 1 is 1.19 bits per heavy atom. The molecule has 0 fully saturated rings. The van der Waals surface area contributed by atoms with Gasteiger partial charge in [-0.2, -0.15) is 13.2 Å². The van der Waals surface area contributed by atoms with Crippen LogP contribution in [0.5, 0.6) is 0 Å². The van der Waals surface area contributed by atoms with E-state index >= 15 is 0 Å². The zero-order chi connectivity index (χ0) is 19.2. The maximum Gasteiger partial charge on any atom is 0.412 e. The molecule has 2 rings (SSSR count). The molecule has 2 aromatic rings. The van der Waals surface area contributed by atoms with E-state index in [2.05, 4.69) is 5.32 Å². The highest BCUT2D eigenvalue weighted by Crippen LogP contribution is 2.32. The normalized spacial score (nSPS) is 12.3. The first-order valence-electron chi connectivity index (χ1n) is 7.68. The molecule has 0 spiro atoms. The van der Waals surface area contributed by atoms with Crippen LogP contribution in [0.3, 0.4) is 0 Å². The van der Waals surface area contributed by atoms with Crippen LogP contribution in [-0.4, -0.2) is 29.3 Å². The molecular weight excluding hydrogens is 351 g/mol. The molecule has 0 saturated heterocycles. The van der Waals surface area contributed by atoms with E-state index in [9.17, 15) is 22.8 Å². The first-order chi connectivity index (χ1) is 12.3. The lowest BCUT2D eigenvalue weighted by Gasteiger charge is -2.21. The molecule has 0 aliphatic heterocycles. The van der Waals surface area contributed by atoms with Gasteiger partial charge in [0, 0.05) is 25.0 Å². The molecule has 0 radical (unpaired) electrons. The number of hydrogen-bond donors (Lipinski definition) is 2. The summed E-state index contributed by atoms with van der Waals surface area (Å²) in [5.41, 5.74) is 0.647. The fraction of sp³-hybridized carbons (Fsp3) is 0.294. The van der Waals surface area contributed by atoms with Crippen molar-refractivity contribution in [3.63, 3.8) is 0 Å². The average molecular weight is 369 g/mol. The predicted octanol–water partition coefficient (Wildman–Crippen LogP) is 2.67. The van der Waals surface area contributed by atoms with Gasteiger partial charge < -0.3 is 19.9 Å². The summed E-state index contributed by atoms with van der Waals surface area (Å²) in [6.45, 7) is -0.642. The number of nitrogens with one attached hydrogen (secondary N) is 2. The molecule has 1 aromatic heterocycles. The highest BCUT2D eigenvalue weighted by Gasteiger charge is 2.42. The summed E-state index contributed by atoms with van der Waals surface area (Å²) in [7, 11) is 1.57. The molecule has 2 amide bonds. The standard InChI is InChI=1S/C17H18F3N3O3/c1-23-8-7-13(10-23)15(17(18,19)20)22-14(24)9-21-16(25)26-11-12-5-3-2-4-6-12/h2-8,10,15H,9,11H2,1H3,(H,21,25)(H,22,24). The predicted molar refractivity (Wildman–Crippen MR) is 87.0 cm³/mol. The minimum Gasteiger partial charge on any atom is -0.445 e. The molecule has 9 heteroatoms. The number of hydrogen-bond acceptors (Lipinski definition) is 3. The summed E-state index contributed by atoms with van der Waals surface area (Å²) in [6, 6.07) is 7.94. The van der Waals surface area contributed by atoms with Crippen molar-refractivity contribution in [2.24, 2.45) is 7.05 Å². The van der Waals surface area contributed by atoms with Crippen LogP contribution in [0.15, 0.2) is 48.8 Å². The van der Waals surface area contributed by atoms with Crippen LogP contribution in [0.25, 0.3) is 0 Å². The monoisotopic (exact) mass is 369 g/mol. The summed E-state index contributed by atoms with van der Waals surface area (Å²) in [5, 5.41) is 3.99. The second-order valence-corrected chi connectivity index (χ2v) is 5.57. The van der Waals surface area contributed by atoms with E-state index in [1.807, 2.05) is 5.32 Å². The smallest absolute Gasteiger partial charge is 0.412 e. The van der Waals surface area contributed by atoms with E-state index in [0.29, 0.717) is 0 Å². The number of halogens is 3. The highest BCUT2D eigenvalue weighted by atomic mass is 19.4. The molecule has 6 nitrogen and oxygen atoms in total. The van der Waals surface area contributed by atoms with E-state index in [1.165, 1.54) is 23.0 Å². The van der Waals surface area contributed by atoms with Gasteiger partial charge >= 0.3 is 12.3 Å². The quantitative estimate of drug-likeness (QED) is 0.822. The average Bonchev–Trinajstić information content (AvgIpc) is 3.01. The Hall–Kier alpha value is -2.97. The van der Waals surface area contributed by atoms with Gasteiger partial charge in [0.1, 0.15) is 13.2 Å². The molecule has 0 saturated carbocycles. The molecule has 1 aromatic carbocycles. The third-order valence-corrected chi connectivity index (χ3v) is 3.43. The van der Waals surface area contributed by atoms with Crippen LogP contribution in [0.2, 0.25) is 0 Å². The number of carbonyl (C=O) groups excluding carboxylic acids is 2. The summed E-state index contributed by atoms with van der Waals surface area (Å²) in [4.78, 5) is 23.3. The van der Waals surface area contributed by atoms with Gasteiger partial charge in [-0.3, -0.25) is 4.79 Å². The fourth-order valence-electron chi connectivity index (χ4n) is 2.19. The van der Waals surface area contributed by atoms with Gasteiger partial charge in [0.15, 0.2) is 6.04 Å². The van der Waals surface area contributed by atoms with Gasteiger partial charge in [0.2, 0.25) is 5.91 Å². The van der Waals surface area contributed by atoms with Crippen LogP contribution < -0.4 is 10.6 Å². The maximum absolute atomic E-state index is 13.1. The number of aryl methyl sites for hydroxylation is 1. The first-order valence-corrected chi connectivity index (χ1v) is 7.68. The van der Waals surface area contributed by atoms with E-state index in [1.54, 1.807) is 37.4 Å². The molecule has 1 atom stereocenters. The first kappa shape index (κ1) is 19.4. The van der Waals surface area contributed by atoms with E-state index < -0.39 is 30.8 Å². The third kappa shape index (κ3) is 5.83. The number of alkyl carbamates (subject to hydrolysis) is 1. The van der Waals surface area contributed by atoms with Crippen molar-refractivity contribution in [3.05, 3.63) is 59.9 Å². The maximum atomic E-state index is 13.1. The molecule has 26 heavy (non-hydrogen) atoms. The lowest BCUT2D eigenvalue weighted by Crippen LogP contribution is -2.43. The molecular formula is C17H18F3N3O3. The van der Waals surface area contributed by atoms with Gasteiger partial charge in [0.05, 0.1) is 0 Å². The number of benzene rings is 1. The SMILES string of the molecule is Cn1ccc(C(NC(=O)CNC(=O)OCc2ccccc2)C(F)(F)F)c1. The zero-order valence-electron chi connectivity index (χ0n) is 13.9. The lowest BCUT2D eigenvalue weighted by molar-refractivity contribution is -0.163. The Morgan fingerprint density at radius 2 is 1.88 bits per heavy atom. The van der Waals surface area contributed by atoms with Crippen LogP contribution in [-0.2, 0) is 23.2 Å². The lowest BCUT2D eigenvalue weighted by atomic mass is 10.1. The number of carbonyl (C=O) groups is 2. The molecule has 2 N–H and O–H groups in total. The van der Waals surface area contributed by atoms with Crippen LogP contribution in [0.4, 0.5) is 18.0 Å². The van der Waals surface area contributed by atoms with Crippen molar-refractivity contribution >= 4 is 12.0 Å². The Balaban J connectivity index is 1.83. The van der Waals surface area contributed by atoms with E-state index in [0.717, 1.165) is 5.56 Å². The zero-order valence-corrected chi connectivity index (χ0v) is 13.9. The van der Waals surface area contributed by atoms with E-state index in [-0.39, 0.29) is 12.2 Å². The van der Waals surface area contributed by atoms with Crippen molar-refractivity contribution in [3.8, 4) is 0 Å². The van der Waals surface area contributed by atoms with Crippen LogP contribution >= 0.6 is 0 Å². The number of nitrogens with zero attached hydrogens (tertiary/aromatic N) is 1. The minimum atomic E-state index is -4.66. The largest absolute Gasteiger partial charge is 0.445 e. The molecule has 1 unspecified atom stereocenters. The second-order valence-electron chi connectivity index (χ2n) is 5.57. The Bertz CT molecular complexity index is 744. The van der Waals surface area contributed by atoms with Gasteiger partial charge in [-0.25, -0.2) is 4.79 Å². The van der Waals surface area contributed by atoms with Gasteiger partial charge in [-0.15, -0.1) is 0 Å². The third-order valence-electron chi connectivity index (χ3n) is 3.43. The van der Waals surface area contributed by atoms with Crippen LogP contribution in [0.1, 0.15) is 17.2 Å². The van der Waals surface area contributed by atoms with E-state index in [4.69, 9.17) is 4.74 Å². The number of rotatable bonds is 6. The second kappa shape index (κ2) is 8.41. The summed E-state index contributed by atoms with van der Waals surface area (Å²) >= 11 is 0. The van der Waals surface area contributed by atoms with Crippen molar-refractivity contribution in [1.29, 1.82) is 0 Å². The molecule has 0 bridgehead atoms. The van der Waals surface area contributed by atoms with Crippen molar-refractivity contribution in [2.45, 2.75) is 18.8 Å². The number of alkyl halides is 3. The Labute approximate surface area is 147 Å². The van der Waals surface area contributed by atoms with Gasteiger partial charge in [0.25, 0.3) is 0 Å². The summed E-state index contributed by atoms with van der Waals surface area (Å²) in [5.74, 6) is -0.979. The van der Waals surface area contributed by atoms with Gasteiger partial charge in [-0.05, 0) is 11.6 Å². The van der Waals surface area contributed by atoms with Crippen molar-refractivity contribution in [2.75, 3.05) is 6.54 Å². The summed E-state index contributed by atoms with van der Waals surface area (Å²) in [6.07, 6.45) is -2.85. The summed E-state index contributed by atoms with van der Waals surface area (Å²) < 4.78 is 45.8. The highest BCUT2D eigenvalue weighted by molar-refractivity contribution is 5.82. The molecule has 140 valence electrons. The molecule has 0 aliphatic rings. The number of amides is 2. The number of aromatic nitrogens is 1. The fourth-order valence-corrected chi connectivity index (χ4v) is 2.19. The Morgan fingerprint density at radius 3 is 2.46 bits per heavy atom. The van der Waals surface area contributed by atoms with Crippen LogP contribution in [0, 0.1) is 0 Å². The molecule has 1 heterocycles. The molecule has 0 aliphatic carbocycles. The number of ether oxygens (including phenoxy) is 1. The van der Waals surface area contributed by atoms with Gasteiger partial charge in [-0.1, -0.05) is 30.3 Å². The van der Waals surface area contributed by atoms with Crippen molar-refractivity contribution < 1.29 is 27.5 Å². The topological polar surface area (TPSA) is 72.4 Å². The Kier molecular flexibility index (Phi) is 6.26.